The van der Waals surface area contributed by atoms with Crippen molar-refractivity contribution in [2.24, 2.45) is 29.6 Å². The lowest BCUT2D eigenvalue weighted by Gasteiger charge is -2.42. The Kier molecular flexibility index (Phi) is 6.70. The van der Waals surface area contributed by atoms with Crippen LogP contribution in [-0.4, -0.2) is 11.5 Å². The van der Waals surface area contributed by atoms with Crippen LogP contribution in [0, 0.1) is 29.6 Å². The summed E-state index contributed by atoms with van der Waals surface area (Å²) in [6.45, 7) is 2.32. The fraction of sp³-hybridized carbons (Fsp3) is 1.00. The summed E-state index contributed by atoms with van der Waals surface area (Å²) in [5.41, 5.74) is 0. The highest BCUT2D eigenvalue weighted by Gasteiger charge is 2.38. The van der Waals surface area contributed by atoms with Crippen LogP contribution < -0.4 is 0 Å². The van der Waals surface area contributed by atoms with Gasteiger partial charge >= 0.3 is 0 Å². The van der Waals surface area contributed by atoms with E-state index >= 15 is 0 Å². The summed E-state index contributed by atoms with van der Waals surface area (Å²) in [5, 5.41) is 0.0934. The SMILES string of the molecule is CCCC1CCC(C2CCC(C3CCC(Cl)CC3F)CC2)CC1. The second kappa shape index (κ2) is 8.54. The van der Waals surface area contributed by atoms with E-state index in [1.165, 1.54) is 64.2 Å². The van der Waals surface area contributed by atoms with E-state index < -0.39 is 6.17 Å². The Morgan fingerprint density at radius 1 is 0.783 bits per heavy atom. The van der Waals surface area contributed by atoms with Gasteiger partial charge in [0, 0.05) is 5.38 Å². The first kappa shape index (κ1) is 18.0. The first-order chi connectivity index (χ1) is 11.2. The Labute approximate surface area is 147 Å². The Balaban J connectivity index is 1.42. The summed E-state index contributed by atoms with van der Waals surface area (Å²) in [5.74, 6) is 3.94. The molecular weight excluding hydrogens is 307 g/mol. The molecule has 0 aliphatic heterocycles. The summed E-state index contributed by atoms with van der Waals surface area (Å²) in [7, 11) is 0. The van der Waals surface area contributed by atoms with Crippen molar-refractivity contribution in [3.63, 3.8) is 0 Å². The number of halogens is 2. The third-order valence-corrected chi connectivity index (χ3v) is 7.83. The lowest BCUT2D eigenvalue weighted by atomic mass is 9.65. The monoisotopic (exact) mass is 342 g/mol. The second-order valence-electron chi connectivity index (χ2n) is 8.83. The minimum Gasteiger partial charge on any atom is -0.247 e. The highest BCUT2D eigenvalue weighted by molar-refractivity contribution is 6.20. The van der Waals surface area contributed by atoms with Gasteiger partial charge in [0.1, 0.15) is 6.17 Å². The molecule has 0 aromatic heterocycles. The van der Waals surface area contributed by atoms with Crippen molar-refractivity contribution >= 4 is 11.6 Å². The molecule has 0 amide bonds. The lowest BCUT2D eigenvalue weighted by Crippen LogP contribution is -2.35. The molecule has 134 valence electrons. The molecular formula is C21H36ClF. The largest absolute Gasteiger partial charge is 0.247 e. The predicted octanol–water partition coefficient (Wildman–Crippen LogP) is 7.14. The van der Waals surface area contributed by atoms with Gasteiger partial charge < -0.3 is 0 Å². The quantitative estimate of drug-likeness (QED) is 0.476. The van der Waals surface area contributed by atoms with Crippen molar-refractivity contribution in [1.82, 2.24) is 0 Å². The van der Waals surface area contributed by atoms with Gasteiger partial charge in [0.15, 0.2) is 0 Å². The van der Waals surface area contributed by atoms with Crippen LogP contribution in [0.4, 0.5) is 4.39 Å². The van der Waals surface area contributed by atoms with E-state index in [2.05, 4.69) is 6.92 Å². The molecule has 3 aliphatic rings. The number of hydrogen-bond donors (Lipinski definition) is 0. The molecule has 3 atom stereocenters. The van der Waals surface area contributed by atoms with Crippen LogP contribution in [0.15, 0.2) is 0 Å². The first-order valence-corrected chi connectivity index (χ1v) is 10.9. The number of alkyl halides is 2. The molecule has 3 unspecified atom stereocenters. The van der Waals surface area contributed by atoms with Gasteiger partial charge in [-0.15, -0.1) is 11.6 Å². The van der Waals surface area contributed by atoms with Gasteiger partial charge in [-0.05, 0) is 87.4 Å². The maximum absolute atomic E-state index is 14.4. The molecule has 0 nitrogen and oxygen atoms in total. The molecule has 3 saturated carbocycles. The van der Waals surface area contributed by atoms with Gasteiger partial charge in [0.2, 0.25) is 0 Å². The number of rotatable bonds is 4. The highest BCUT2D eigenvalue weighted by atomic mass is 35.5. The first-order valence-electron chi connectivity index (χ1n) is 10.5. The smallest absolute Gasteiger partial charge is 0.105 e. The van der Waals surface area contributed by atoms with E-state index in [4.69, 9.17) is 11.6 Å². The summed E-state index contributed by atoms with van der Waals surface area (Å²) >= 11 is 6.13. The van der Waals surface area contributed by atoms with Crippen LogP contribution >= 0.6 is 11.6 Å². The molecule has 0 spiro atoms. The topological polar surface area (TPSA) is 0 Å². The van der Waals surface area contributed by atoms with Crippen LogP contribution in [0.1, 0.15) is 90.4 Å². The maximum Gasteiger partial charge on any atom is 0.105 e. The van der Waals surface area contributed by atoms with Crippen LogP contribution in [0.5, 0.6) is 0 Å². The van der Waals surface area contributed by atoms with E-state index in [1.54, 1.807) is 0 Å². The minimum atomic E-state index is -0.628. The van der Waals surface area contributed by atoms with Crippen LogP contribution in [0.3, 0.4) is 0 Å². The summed E-state index contributed by atoms with van der Waals surface area (Å²) < 4.78 is 14.4. The molecule has 0 heterocycles. The van der Waals surface area contributed by atoms with Crippen molar-refractivity contribution in [1.29, 1.82) is 0 Å². The molecule has 3 rings (SSSR count). The fourth-order valence-electron chi connectivity index (χ4n) is 6.02. The Hall–Kier alpha value is 0.220. The fourth-order valence-corrected chi connectivity index (χ4v) is 6.32. The lowest BCUT2D eigenvalue weighted by molar-refractivity contribution is 0.0655. The van der Waals surface area contributed by atoms with E-state index in [9.17, 15) is 4.39 Å². The van der Waals surface area contributed by atoms with Gasteiger partial charge in [-0.3, -0.25) is 0 Å². The van der Waals surface area contributed by atoms with Crippen LogP contribution in [0.25, 0.3) is 0 Å². The Morgan fingerprint density at radius 2 is 1.35 bits per heavy atom. The standard InChI is InChI=1S/C21H36ClF/c1-2-3-15-4-6-16(7-5-15)17-8-10-18(11-9-17)20-13-12-19(22)14-21(20)23/h15-21H,2-14H2,1H3. The second-order valence-corrected chi connectivity index (χ2v) is 9.45. The zero-order valence-corrected chi connectivity index (χ0v) is 15.7. The predicted molar refractivity (Wildman–Crippen MR) is 97.7 cm³/mol. The summed E-state index contributed by atoms with van der Waals surface area (Å²) in [6.07, 6.45) is 16.1. The van der Waals surface area contributed by atoms with E-state index in [-0.39, 0.29) is 5.38 Å². The van der Waals surface area contributed by atoms with Crippen molar-refractivity contribution in [3.8, 4) is 0 Å². The van der Waals surface area contributed by atoms with E-state index in [0.717, 1.165) is 30.6 Å². The Morgan fingerprint density at radius 3 is 1.91 bits per heavy atom. The van der Waals surface area contributed by atoms with Crippen molar-refractivity contribution < 1.29 is 4.39 Å². The average Bonchev–Trinajstić information content (AvgIpc) is 2.56. The van der Waals surface area contributed by atoms with Crippen LogP contribution in [-0.2, 0) is 0 Å². The van der Waals surface area contributed by atoms with Crippen molar-refractivity contribution in [3.05, 3.63) is 0 Å². The molecule has 3 aliphatic carbocycles. The van der Waals surface area contributed by atoms with E-state index in [1.807, 2.05) is 0 Å². The van der Waals surface area contributed by atoms with Crippen LogP contribution in [0.2, 0.25) is 0 Å². The normalized spacial score (nSPS) is 45.8. The molecule has 0 radical (unpaired) electrons. The third-order valence-electron chi connectivity index (χ3n) is 7.44. The minimum absolute atomic E-state index is 0.0934. The van der Waals surface area contributed by atoms with Gasteiger partial charge in [0.05, 0.1) is 0 Å². The zero-order valence-electron chi connectivity index (χ0n) is 15.0. The molecule has 0 saturated heterocycles. The molecule has 3 fully saturated rings. The number of hydrogen-bond acceptors (Lipinski definition) is 0. The van der Waals surface area contributed by atoms with Gasteiger partial charge in [-0.1, -0.05) is 32.6 Å². The summed E-state index contributed by atoms with van der Waals surface area (Å²) in [6, 6.07) is 0. The summed E-state index contributed by atoms with van der Waals surface area (Å²) in [4.78, 5) is 0. The van der Waals surface area contributed by atoms with Gasteiger partial charge in [-0.25, -0.2) is 4.39 Å². The third kappa shape index (κ3) is 4.65. The van der Waals surface area contributed by atoms with Crippen molar-refractivity contribution in [2.75, 3.05) is 0 Å². The highest BCUT2D eigenvalue weighted by Crippen LogP contribution is 2.46. The zero-order chi connectivity index (χ0) is 16.2. The van der Waals surface area contributed by atoms with E-state index in [0.29, 0.717) is 18.3 Å². The van der Waals surface area contributed by atoms with Gasteiger partial charge in [0.25, 0.3) is 0 Å². The molecule has 2 heteroatoms. The Bertz CT molecular complexity index is 342. The molecule has 0 aromatic carbocycles. The molecule has 0 aromatic rings. The maximum atomic E-state index is 14.4. The molecule has 0 N–H and O–H groups in total. The average molecular weight is 343 g/mol. The molecule has 23 heavy (non-hydrogen) atoms. The van der Waals surface area contributed by atoms with Gasteiger partial charge in [-0.2, -0.15) is 0 Å². The molecule has 0 bridgehead atoms. The van der Waals surface area contributed by atoms with Crippen molar-refractivity contribution in [2.45, 2.75) is 102 Å².